The first-order valence-electron chi connectivity index (χ1n) is 8.87. The Morgan fingerprint density at radius 2 is 1.75 bits per heavy atom. The summed E-state index contributed by atoms with van der Waals surface area (Å²) in [5.74, 6) is -0.783. The van der Waals surface area contributed by atoms with Crippen molar-refractivity contribution in [1.82, 2.24) is 0 Å². The molecule has 0 saturated carbocycles. The molecular weight excluding hydrogens is 380 g/mol. The maximum atomic E-state index is 12.6. The van der Waals surface area contributed by atoms with E-state index in [1.807, 2.05) is 6.92 Å². The van der Waals surface area contributed by atoms with Crippen LogP contribution in [0.3, 0.4) is 0 Å². The molecule has 2 aromatic carbocycles. The zero-order valence-corrected chi connectivity index (χ0v) is 16.9. The summed E-state index contributed by atoms with van der Waals surface area (Å²) < 4.78 is 30.4. The molecule has 8 heteroatoms. The second-order valence-electron chi connectivity index (χ2n) is 6.37. The molecule has 0 radical (unpaired) electrons. The highest BCUT2D eigenvalue weighted by Crippen LogP contribution is 2.21. The number of rotatable bonds is 8. The van der Waals surface area contributed by atoms with Crippen LogP contribution in [0.4, 0.5) is 11.4 Å². The Balaban J connectivity index is 2.09. The fourth-order valence-electron chi connectivity index (χ4n) is 2.47. The third-order valence-electron chi connectivity index (χ3n) is 3.98. The van der Waals surface area contributed by atoms with Gasteiger partial charge in [-0.2, -0.15) is 0 Å². The van der Waals surface area contributed by atoms with Crippen molar-refractivity contribution in [2.75, 3.05) is 22.9 Å². The monoisotopic (exact) mass is 404 g/mol. The molecule has 0 heterocycles. The Labute approximate surface area is 165 Å². The van der Waals surface area contributed by atoms with E-state index < -0.39 is 16.0 Å². The number of amides is 1. The largest absolute Gasteiger partial charge is 0.462 e. The summed E-state index contributed by atoms with van der Waals surface area (Å²) in [5, 5.41) is 2.74. The molecule has 150 valence electrons. The Kier molecular flexibility index (Phi) is 7.17. The van der Waals surface area contributed by atoms with E-state index in [4.69, 9.17) is 4.74 Å². The zero-order chi connectivity index (χ0) is 20.7. The van der Waals surface area contributed by atoms with Crippen LogP contribution < -0.4 is 10.0 Å². The third-order valence-corrected chi connectivity index (χ3v) is 4.57. The lowest BCUT2D eigenvalue weighted by Gasteiger charge is -2.12. The number of hydrogen-bond acceptors (Lipinski definition) is 5. The van der Waals surface area contributed by atoms with E-state index >= 15 is 0 Å². The second-order valence-corrected chi connectivity index (χ2v) is 8.12. The summed E-state index contributed by atoms with van der Waals surface area (Å²) in [7, 11) is -3.45. The van der Waals surface area contributed by atoms with Gasteiger partial charge in [-0.15, -0.1) is 0 Å². The normalized spacial score (nSPS) is 11.0. The molecule has 0 spiro atoms. The molecule has 0 bridgehead atoms. The van der Waals surface area contributed by atoms with Gasteiger partial charge in [-0.1, -0.05) is 19.4 Å². The van der Waals surface area contributed by atoms with Crippen molar-refractivity contribution in [3.05, 3.63) is 59.2 Å². The number of carbonyl (C=O) groups excluding carboxylic acids is 2. The van der Waals surface area contributed by atoms with Crippen LogP contribution in [0.15, 0.2) is 42.5 Å². The van der Waals surface area contributed by atoms with E-state index in [9.17, 15) is 18.0 Å². The topological polar surface area (TPSA) is 102 Å². The maximum absolute atomic E-state index is 12.6. The number of sulfonamides is 1. The van der Waals surface area contributed by atoms with Crippen LogP contribution in [0.5, 0.6) is 0 Å². The molecule has 0 atom stereocenters. The molecule has 2 rings (SSSR count). The number of esters is 1. The Hall–Kier alpha value is -2.87. The van der Waals surface area contributed by atoms with Crippen LogP contribution in [0.2, 0.25) is 0 Å². The molecule has 1 amide bonds. The molecule has 0 aliphatic heterocycles. The van der Waals surface area contributed by atoms with Crippen LogP contribution in [-0.4, -0.2) is 33.2 Å². The summed E-state index contributed by atoms with van der Waals surface area (Å²) in [6, 6.07) is 11.2. The predicted octanol–water partition coefficient (Wildman–Crippen LogP) is 3.58. The number of unbranched alkanes of at least 4 members (excludes halogenated alkanes) is 1. The molecule has 0 aliphatic rings. The van der Waals surface area contributed by atoms with Crippen molar-refractivity contribution < 1.29 is 22.7 Å². The van der Waals surface area contributed by atoms with Crippen molar-refractivity contribution in [2.24, 2.45) is 0 Å². The molecule has 0 aromatic heterocycles. The van der Waals surface area contributed by atoms with Crippen LogP contribution >= 0.6 is 0 Å². The average molecular weight is 404 g/mol. The average Bonchev–Trinajstić information content (AvgIpc) is 2.63. The highest BCUT2D eigenvalue weighted by Gasteiger charge is 2.14. The van der Waals surface area contributed by atoms with E-state index in [0.717, 1.165) is 19.1 Å². The minimum absolute atomic E-state index is 0.344. The smallest absolute Gasteiger partial charge is 0.338 e. The first-order chi connectivity index (χ1) is 13.2. The van der Waals surface area contributed by atoms with E-state index in [1.54, 1.807) is 49.4 Å². The summed E-state index contributed by atoms with van der Waals surface area (Å²) in [5.41, 5.74) is 2.12. The van der Waals surface area contributed by atoms with Crippen molar-refractivity contribution in [1.29, 1.82) is 0 Å². The van der Waals surface area contributed by atoms with Gasteiger partial charge in [0.05, 0.1) is 24.1 Å². The summed E-state index contributed by atoms with van der Waals surface area (Å²) in [4.78, 5) is 24.5. The minimum Gasteiger partial charge on any atom is -0.462 e. The molecule has 0 saturated heterocycles. The minimum atomic E-state index is -3.45. The molecule has 0 unspecified atom stereocenters. The van der Waals surface area contributed by atoms with Crippen LogP contribution in [0, 0.1) is 6.92 Å². The zero-order valence-electron chi connectivity index (χ0n) is 16.1. The first-order valence-corrected chi connectivity index (χ1v) is 10.8. The van der Waals surface area contributed by atoms with Crippen LogP contribution in [-0.2, 0) is 14.8 Å². The van der Waals surface area contributed by atoms with E-state index in [1.165, 1.54) is 0 Å². The first kappa shape index (κ1) is 21.4. The number of carbonyl (C=O) groups is 2. The van der Waals surface area contributed by atoms with Gasteiger partial charge in [-0.3, -0.25) is 9.52 Å². The number of nitrogens with one attached hydrogen (secondary N) is 2. The highest BCUT2D eigenvalue weighted by molar-refractivity contribution is 7.92. The van der Waals surface area contributed by atoms with Gasteiger partial charge in [-0.25, -0.2) is 13.2 Å². The van der Waals surface area contributed by atoms with Crippen molar-refractivity contribution in [3.63, 3.8) is 0 Å². The lowest BCUT2D eigenvalue weighted by molar-refractivity contribution is 0.0499. The summed E-state index contributed by atoms with van der Waals surface area (Å²) >= 11 is 0. The summed E-state index contributed by atoms with van der Waals surface area (Å²) in [6.07, 6.45) is 2.80. The lowest BCUT2D eigenvalue weighted by atomic mass is 10.1. The van der Waals surface area contributed by atoms with Crippen molar-refractivity contribution in [3.8, 4) is 0 Å². The fraction of sp³-hybridized carbons (Fsp3) is 0.300. The molecule has 2 N–H and O–H groups in total. The van der Waals surface area contributed by atoms with Crippen LogP contribution in [0.25, 0.3) is 0 Å². The van der Waals surface area contributed by atoms with Gasteiger partial charge >= 0.3 is 5.97 Å². The Morgan fingerprint density at radius 3 is 2.36 bits per heavy atom. The number of benzene rings is 2. The SMILES string of the molecule is CCCCOC(=O)c1ccc(NC(=O)c2cccc(NS(C)(=O)=O)c2C)cc1. The van der Waals surface area contributed by atoms with Gasteiger partial charge in [0.15, 0.2) is 0 Å². The number of hydrogen-bond donors (Lipinski definition) is 2. The van der Waals surface area contributed by atoms with E-state index in [0.29, 0.717) is 34.7 Å². The molecule has 7 nitrogen and oxygen atoms in total. The van der Waals surface area contributed by atoms with Gasteiger partial charge in [0, 0.05) is 11.3 Å². The maximum Gasteiger partial charge on any atom is 0.338 e. The molecule has 2 aromatic rings. The van der Waals surface area contributed by atoms with E-state index in [-0.39, 0.29) is 5.91 Å². The van der Waals surface area contributed by atoms with Gasteiger partial charge < -0.3 is 10.1 Å². The number of ether oxygens (including phenoxy) is 1. The highest BCUT2D eigenvalue weighted by atomic mass is 32.2. The molecule has 0 aliphatic carbocycles. The molecule has 0 fully saturated rings. The van der Waals surface area contributed by atoms with Crippen molar-refractivity contribution >= 4 is 33.3 Å². The van der Waals surface area contributed by atoms with Gasteiger partial charge in [-0.05, 0) is 55.3 Å². The van der Waals surface area contributed by atoms with Gasteiger partial charge in [0.25, 0.3) is 5.91 Å². The number of anilines is 2. The Morgan fingerprint density at radius 1 is 1.07 bits per heavy atom. The van der Waals surface area contributed by atoms with Crippen LogP contribution in [0.1, 0.15) is 46.0 Å². The molecule has 28 heavy (non-hydrogen) atoms. The van der Waals surface area contributed by atoms with Gasteiger partial charge in [0.2, 0.25) is 10.0 Å². The standard InChI is InChI=1S/C20H24N2O5S/c1-4-5-13-27-20(24)15-9-11-16(12-10-15)21-19(23)17-7-6-8-18(14(17)2)22-28(3,25)26/h6-12,22H,4-5,13H2,1-3H3,(H,21,23). The summed E-state index contributed by atoms with van der Waals surface area (Å²) in [6.45, 7) is 4.06. The lowest BCUT2D eigenvalue weighted by Crippen LogP contribution is -2.16. The second kappa shape index (κ2) is 9.36. The third kappa shape index (κ3) is 6.09. The van der Waals surface area contributed by atoms with Gasteiger partial charge in [0.1, 0.15) is 0 Å². The Bertz CT molecular complexity index is 953. The van der Waals surface area contributed by atoms with E-state index in [2.05, 4.69) is 10.0 Å². The fourth-order valence-corrected chi connectivity index (χ4v) is 3.09. The predicted molar refractivity (Wildman–Crippen MR) is 109 cm³/mol. The van der Waals surface area contributed by atoms with Crippen molar-refractivity contribution in [2.45, 2.75) is 26.7 Å². The molecular formula is C20H24N2O5S. The quantitative estimate of drug-likeness (QED) is 0.517.